The van der Waals surface area contributed by atoms with Gasteiger partial charge in [0.2, 0.25) is 0 Å². The lowest BCUT2D eigenvalue weighted by Gasteiger charge is -2.16. The summed E-state index contributed by atoms with van der Waals surface area (Å²) in [7, 11) is 1.40. The van der Waals surface area contributed by atoms with Crippen molar-refractivity contribution in [2.24, 2.45) is 5.92 Å². The fraction of sp³-hybridized carbons (Fsp3) is 0.500. The molecule has 1 fully saturated rings. The third kappa shape index (κ3) is 3.72. The molecule has 2 rings (SSSR count). The Hall–Kier alpha value is -0.550. The summed E-state index contributed by atoms with van der Waals surface area (Å²) in [6.07, 6.45) is 5.18. The Bertz CT molecular complexity index is 471. The molecule has 1 aromatic carbocycles. The number of halogens is 2. The fourth-order valence-electron chi connectivity index (χ4n) is 2.49. The number of hydrogen-bond acceptors (Lipinski definition) is 3. The Morgan fingerprint density at radius 2 is 2.05 bits per heavy atom. The highest BCUT2D eigenvalue weighted by atomic mass is 79.9. The van der Waals surface area contributed by atoms with E-state index < -0.39 is 0 Å². The maximum absolute atomic E-state index is 11.8. The van der Waals surface area contributed by atoms with Crippen LogP contribution in [0.1, 0.15) is 36.0 Å². The average molecular weight is 391 g/mol. The number of ether oxygens (including phenoxy) is 1. The van der Waals surface area contributed by atoms with Gasteiger partial charge in [-0.15, -0.1) is 0 Å². The van der Waals surface area contributed by atoms with Crippen molar-refractivity contribution in [3.8, 4) is 0 Å². The number of esters is 1. The zero-order valence-electron chi connectivity index (χ0n) is 10.8. The summed E-state index contributed by atoms with van der Waals surface area (Å²) >= 11 is 6.90. The van der Waals surface area contributed by atoms with Crippen LogP contribution < -0.4 is 5.32 Å². The number of anilines is 1. The van der Waals surface area contributed by atoms with E-state index in [1.807, 2.05) is 6.07 Å². The molecule has 0 heterocycles. The molecule has 0 saturated heterocycles. The van der Waals surface area contributed by atoms with E-state index in [1.165, 1.54) is 32.8 Å². The first-order valence-corrected chi connectivity index (χ1v) is 8.01. The average Bonchev–Trinajstić information content (AvgIpc) is 2.89. The molecule has 104 valence electrons. The van der Waals surface area contributed by atoms with Gasteiger partial charge in [-0.05, 0) is 46.8 Å². The van der Waals surface area contributed by atoms with Gasteiger partial charge in [-0.3, -0.25) is 0 Å². The molecule has 0 amide bonds. The quantitative estimate of drug-likeness (QED) is 0.763. The minimum absolute atomic E-state index is 0.323. The van der Waals surface area contributed by atoms with Crippen molar-refractivity contribution in [1.29, 1.82) is 0 Å². The predicted molar refractivity (Wildman–Crippen MR) is 83.6 cm³/mol. The van der Waals surface area contributed by atoms with Crippen LogP contribution in [0, 0.1) is 5.92 Å². The molecule has 1 N–H and O–H groups in total. The number of carbonyl (C=O) groups is 1. The van der Waals surface area contributed by atoms with Crippen LogP contribution in [0.4, 0.5) is 5.69 Å². The minimum atomic E-state index is -0.323. The Labute approximate surface area is 130 Å². The van der Waals surface area contributed by atoms with E-state index >= 15 is 0 Å². The topological polar surface area (TPSA) is 38.3 Å². The maximum atomic E-state index is 11.8. The zero-order chi connectivity index (χ0) is 13.8. The lowest BCUT2D eigenvalue weighted by molar-refractivity contribution is 0.0601. The number of rotatable bonds is 4. The van der Waals surface area contributed by atoms with Gasteiger partial charge >= 0.3 is 5.97 Å². The Balaban J connectivity index is 2.19. The highest BCUT2D eigenvalue weighted by Gasteiger charge is 2.19. The van der Waals surface area contributed by atoms with Crippen LogP contribution >= 0.6 is 31.9 Å². The molecule has 0 unspecified atom stereocenters. The molecule has 1 aliphatic carbocycles. The minimum Gasteiger partial charge on any atom is -0.465 e. The van der Waals surface area contributed by atoms with Gasteiger partial charge in [-0.25, -0.2) is 4.79 Å². The lowest BCUT2D eigenvalue weighted by Crippen LogP contribution is -2.15. The smallest absolute Gasteiger partial charge is 0.340 e. The van der Waals surface area contributed by atoms with E-state index in [9.17, 15) is 4.79 Å². The molecule has 0 bridgehead atoms. The second-order valence-corrected chi connectivity index (χ2v) is 6.60. The van der Waals surface area contributed by atoms with Gasteiger partial charge in [0.25, 0.3) is 0 Å². The summed E-state index contributed by atoms with van der Waals surface area (Å²) in [6, 6.07) is 3.72. The molecule has 1 aliphatic rings. The van der Waals surface area contributed by atoms with Crippen molar-refractivity contribution in [3.05, 3.63) is 26.6 Å². The van der Waals surface area contributed by atoms with E-state index in [0.717, 1.165) is 21.2 Å². The van der Waals surface area contributed by atoms with Crippen LogP contribution in [0.15, 0.2) is 21.1 Å². The van der Waals surface area contributed by atoms with E-state index in [2.05, 4.69) is 37.2 Å². The van der Waals surface area contributed by atoms with Gasteiger partial charge in [0.05, 0.1) is 18.4 Å². The van der Waals surface area contributed by atoms with Gasteiger partial charge in [0.1, 0.15) is 0 Å². The van der Waals surface area contributed by atoms with Crippen molar-refractivity contribution in [2.45, 2.75) is 25.7 Å². The van der Waals surface area contributed by atoms with Crippen molar-refractivity contribution >= 4 is 43.5 Å². The number of hydrogen-bond donors (Lipinski definition) is 1. The van der Waals surface area contributed by atoms with Crippen molar-refractivity contribution in [3.63, 3.8) is 0 Å². The number of benzene rings is 1. The van der Waals surface area contributed by atoms with Crippen molar-refractivity contribution < 1.29 is 9.53 Å². The first-order valence-electron chi connectivity index (χ1n) is 6.43. The molecule has 3 nitrogen and oxygen atoms in total. The summed E-state index contributed by atoms with van der Waals surface area (Å²) in [5.74, 6) is 0.386. The van der Waals surface area contributed by atoms with E-state index in [1.54, 1.807) is 6.07 Å². The monoisotopic (exact) mass is 389 g/mol. The summed E-state index contributed by atoms with van der Waals surface area (Å²) in [4.78, 5) is 11.8. The molecule has 0 spiro atoms. The molecular formula is C14H17Br2NO2. The second-order valence-electron chi connectivity index (χ2n) is 4.83. The second kappa shape index (κ2) is 6.75. The molecule has 0 aromatic heterocycles. The SMILES string of the molecule is COC(=O)c1cc(Br)cc(Br)c1NCC1CCCC1. The highest BCUT2D eigenvalue weighted by molar-refractivity contribution is 9.11. The molecule has 5 heteroatoms. The van der Waals surface area contributed by atoms with E-state index in [-0.39, 0.29) is 5.97 Å². The summed E-state index contributed by atoms with van der Waals surface area (Å²) in [5, 5.41) is 3.40. The first-order chi connectivity index (χ1) is 9.11. The van der Waals surface area contributed by atoms with Crippen LogP contribution in [0.2, 0.25) is 0 Å². The van der Waals surface area contributed by atoms with Gasteiger partial charge < -0.3 is 10.1 Å². The third-order valence-electron chi connectivity index (χ3n) is 3.50. The molecule has 1 saturated carbocycles. The summed E-state index contributed by atoms with van der Waals surface area (Å²) in [5.41, 5.74) is 1.38. The standard InChI is InChI=1S/C14H17Br2NO2/c1-19-14(18)11-6-10(15)7-12(16)13(11)17-8-9-4-2-3-5-9/h6-7,9,17H,2-5,8H2,1H3. The first kappa shape index (κ1) is 14.9. The van der Waals surface area contributed by atoms with Crippen LogP contribution in [-0.2, 0) is 4.74 Å². The molecule has 1 aromatic rings. The molecule has 0 aliphatic heterocycles. The van der Waals surface area contributed by atoms with Crippen LogP contribution in [-0.4, -0.2) is 19.6 Å². The predicted octanol–water partition coefficient (Wildman–Crippen LogP) is 4.60. The Morgan fingerprint density at radius 1 is 1.37 bits per heavy atom. The van der Waals surface area contributed by atoms with Gasteiger partial charge in [0.15, 0.2) is 0 Å². The van der Waals surface area contributed by atoms with Gasteiger partial charge in [-0.1, -0.05) is 28.8 Å². The number of nitrogens with one attached hydrogen (secondary N) is 1. The highest BCUT2D eigenvalue weighted by Crippen LogP contribution is 2.32. The summed E-state index contributed by atoms with van der Waals surface area (Å²) in [6.45, 7) is 0.907. The van der Waals surface area contributed by atoms with Crippen molar-refractivity contribution in [2.75, 3.05) is 19.0 Å². The third-order valence-corrected chi connectivity index (χ3v) is 4.59. The molecular weight excluding hydrogens is 374 g/mol. The summed E-state index contributed by atoms with van der Waals surface area (Å²) < 4.78 is 6.57. The van der Waals surface area contributed by atoms with Crippen molar-refractivity contribution in [1.82, 2.24) is 0 Å². The van der Waals surface area contributed by atoms with Crippen LogP contribution in [0.3, 0.4) is 0 Å². The molecule has 0 radical (unpaired) electrons. The number of methoxy groups -OCH3 is 1. The zero-order valence-corrected chi connectivity index (χ0v) is 14.0. The molecule has 19 heavy (non-hydrogen) atoms. The van der Waals surface area contributed by atoms with Crippen LogP contribution in [0.5, 0.6) is 0 Å². The lowest BCUT2D eigenvalue weighted by atomic mass is 10.1. The van der Waals surface area contributed by atoms with E-state index in [4.69, 9.17) is 4.74 Å². The van der Waals surface area contributed by atoms with Crippen LogP contribution in [0.25, 0.3) is 0 Å². The van der Waals surface area contributed by atoms with Gasteiger partial charge in [-0.2, -0.15) is 0 Å². The number of carbonyl (C=O) groups excluding carboxylic acids is 1. The maximum Gasteiger partial charge on any atom is 0.340 e. The normalized spacial score (nSPS) is 15.5. The van der Waals surface area contributed by atoms with E-state index in [0.29, 0.717) is 11.5 Å². The Kier molecular flexibility index (Phi) is 5.28. The Morgan fingerprint density at radius 3 is 2.68 bits per heavy atom. The largest absolute Gasteiger partial charge is 0.465 e. The molecule has 0 atom stereocenters. The van der Waals surface area contributed by atoms with Gasteiger partial charge in [0, 0.05) is 15.5 Å². The fourth-order valence-corrected chi connectivity index (χ4v) is 3.85.